The minimum Gasteiger partial charge on any atom is -0.330 e. The van der Waals surface area contributed by atoms with Crippen molar-refractivity contribution >= 4 is 10.0 Å². The summed E-state index contributed by atoms with van der Waals surface area (Å²) in [6.45, 7) is 6.79. The molecule has 0 radical (unpaired) electrons. The van der Waals surface area contributed by atoms with E-state index < -0.39 is 10.0 Å². The Morgan fingerprint density at radius 3 is 2.14 bits per heavy atom. The van der Waals surface area contributed by atoms with Crippen LogP contribution in [-0.2, 0) is 10.0 Å². The smallest absolute Gasteiger partial charge is 0.214 e. The van der Waals surface area contributed by atoms with Crippen LogP contribution in [0.3, 0.4) is 0 Å². The van der Waals surface area contributed by atoms with E-state index >= 15 is 0 Å². The molecule has 0 atom stereocenters. The van der Waals surface area contributed by atoms with E-state index in [0.29, 0.717) is 19.5 Å². The minimum absolute atomic E-state index is 0.182. The number of nitrogens with two attached hydrogens (primary N) is 1. The Morgan fingerprint density at radius 2 is 1.79 bits per heavy atom. The van der Waals surface area contributed by atoms with Gasteiger partial charge in [0.2, 0.25) is 10.0 Å². The molecular weight excluding hydrogens is 200 g/mol. The molecule has 0 aliphatic heterocycles. The fourth-order valence-electron chi connectivity index (χ4n) is 1.11. The van der Waals surface area contributed by atoms with Crippen LogP contribution in [0.4, 0.5) is 0 Å². The molecule has 0 aliphatic rings. The van der Waals surface area contributed by atoms with Gasteiger partial charge in [-0.2, -0.15) is 0 Å². The standard InChI is InChI=1S/C9H22N2O2S/c1-9(2,3)8-14(12,13)11(4)7-5-6-10/h5-8,10H2,1-4H3. The molecule has 0 unspecified atom stereocenters. The van der Waals surface area contributed by atoms with E-state index in [0.717, 1.165) is 0 Å². The summed E-state index contributed by atoms with van der Waals surface area (Å²) >= 11 is 0. The van der Waals surface area contributed by atoms with Crippen molar-refractivity contribution in [2.45, 2.75) is 27.2 Å². The van der Waals surface area contributed by atoms with E-state index in [1.54, 1.807) is 7.05 Å². The predicted octanol–water partition coefficient (Wildman–Crippen LogP) is 0.643. The monoisotopic (exact) mass is 222 g/mol. The van der Waals surface area contributed by atoms with Gasteiger partial charge in [-0.3, -0.25) is 0 Å². The Balaban J connectivity index is 4.32. The van der Waals surface area contributed by atoms with Crippen molar-refractivity contribution in [3.05, 3.63) is 0 Å². The summed E-state index contributed by atoms with van der Waals surface area (Å²) < 4.78 is 24.9. The van der Waals surface area contributed by atoms with Gasteiger partial charge in [-0.25, -0.2) is 12.7 Å². The molecule has 0 aromatic rings. The van der Waals surface area contributed by atoms with Crippen LogP contribution >= 0.6 is 0 Å². The maximum atomic E-state index is 11.7. The lowest BCUT2D eigenvalue weighted by Gasteiger charge is -2.23. The molecule has 0 saturated heterocycles. The van der Waals surface area contributed by atoms with Crippen LogP contribution in [0, 0.1) is 5.41 Å². The van der Waals surface area contributed by atoms with Crippen molar-refractivity contribution < 1.29 is 8.42 Å². The van der Waals surface area contributed by atoms with Crippen LogP contribution in [0.25, 0.3) is 0 Å². The third kappa shape index (κ3) is 5.57. The van der Waals surface area contributed by atoms with Crippen molar-refractivity contribution in [2.24, 2.45) is 11.1 Å². The van der Waals surface area contributed by atoms with Gasteiger partial charge in [-0.15, -0.1) is 0 Å². The summed E-state index contributed by atoms with van der Waals surface area (Å²) in [4.78, 5) is 0. The van der Waals surface area contributed by atoms with Gasteiger partial charge in [0.25, 0.3) is 0 Å². The molecular formula is C9H22N2O2S. The maximum absolute atomic E-state index is 11.7. The molecule has 0 amide bonds. The zero-order chi connectivity index (χ0) is 11.4. The number of nitrogens with zero attached hydrogens (tertiary/aromatic N) is 1. The van der Waals surface area contributed by atoms with Crippen LogP contribution in [0.15, 0.2) is 0 Å². The van der Waals surface area contributed by atoms with Gasteiger partial charge < -0.3 is 5.73 Å². The van der Waals surface area contributed by atoms with E-state index in [-0.39, 0.29) is 11.2 Å². The van der Waals surface area contributed by atoms with Crippen LogP contribution in [-0.4, -0.2) is 38.6 Å². The second-order valence-corrected chi connectivity index (χ2v) is 6.86. The van der Waals surface area contributed by atoms with E-state index in [1.165, 1.54) is 4.31 Å². The van der Waals surface area contributed by atoms with E-state index in [1.807, 2.05) is 20.8 Å². The third-order valence-corrected chi connectivity index (χ3v) is 4.13. The molecule has 86 valence electrons. The summed E-state index contributed by atoms with van der Waals surface area (Å²) in [5.41, 5.74) is 5.13. The molecule has 0 aromatic heterocycles. The Hall–Kier alpha value is -0.130. The van der Waals surface area contributed by atoms with Gasteiger partial charge in [0.05, 0.1) is 5.75 Å². The summed E-state index contributed by atoms with van der Waals surface area (Å²) in [7, 11) is -1.50. The summed E-state index contributed by atoms with van der Waals surface area (Å²) in [5, 5.41) is 0. The lowest BCUT2D eigenvalue weighted by atomic mass is 10.0. The van der Waals surface area contributed by atoms with E-state index in [4.69, 9.17) is 5.73 Å². The molecule has 2 N–H and O–H groups in total. The Bertz CT molecular complexity index is 254. The predicted molar refractivity (Wildman–Crippen MR) is 59.5 cm³/mol. The van der Waals surface area contributed by atoms with E-state index in [2.05, 4.69) is 0 Å². The highest BCUT2D eigenvalue weighted by Crippen LogP contribution is 2.17. The fraction of sp³-hybridized carbons (Fsp3) is 1.00. The minimum atomic E-state index is -3.11. The molecule has 0 fully saturated rings. The van der Waals surface area contributed by atoms with Crippen molar-refractivity contribution in [2.75, 3.05) is 25.9 Å². The van der Waals surface area contributed by atoms with Crippen LogP contribution in [0.5, 0.6) is 0 Å². The fourth-order valence-corrected chi connectivity index (χ4v) is 2.83. The highest BCUT2D eigenvalue weighted by atomic mass is 32.2. The van der Waals surface area contributed by atoms with Crippen LogP contribution in [0.2, 0.25) is 0 Å². The molecule has 0 saturated carbocycles. The lowest BCUT2D eigenvalue weighted by Crippen LogP contribution is -2.35. The van der Waals surface area contributed by atoms with Crippen molar-refractivity contribution in [3.8, 4) is 0 Å². The Morgan fingerprint density at radius 1 is 1.29 bits per heavy atom. The highest BCUT2D eigenvalue weighted by molar-refractivity contribution is 7.89. The van der Waals surface area contributed by atoms with Gasteiger partial charge in [-0.05, 0) is 18.4 Å². The van der Waals surface area contributed by atoms with Crippen LogP contribution < -0.4 is 5.73 Å². The number of sulfonamides is 1. The van der Waals surface area contributed by atoms with Crippen molar-refractivity contribution in [3.63, 3.8) is 0 Å². The first kappa shape index (κ1) is 13.9. The second-order valence-electron chi connectivity index (χ2n) is 4.78. The highest BCUT2D eigenvalue weighted by Gasteiger charge is 2.24. The molecule has 0 aromatic carbocycles. The van der Waals surface area contributed by atoms with Crippen molar-refractivity contribution in [1.29, 1.82) is 0 Å². The van der Waals surface area contributed by atoms with Crippen LogP contribution in [0.1, 0.15) is 27.2 Å². The second kappa shape index (κ2) is 5.09. The zero-order valence-corrected chi connectivity index (χ0v) is 10.4. The summed E-state index contributed by atoms with van der Waals surface area (Å²) in [6.07, 6.45) is 0.708. The molecule has 4 nitrogen and oxygen atoms in total. The first-order valence-corrected chi connectivity index (χ1v) is 6.44. The third-order valence-electron chi connectivity index (χ3n) is 1.77. The van der Waals surface area contributed by atoms with Gasteiger partial charge in [0, 0.05) is 13.6 Å². The topological polar surface area (TPSA) is 63.4 Å². The lowest BCUT2D eigenvalue weighted by molar-refractivity contribution is 0.419. The molecule has 0 rings (SSSR count). The van der Waals surface area contributed by atoms with E-state index in [9.17, 15) is 8.42 Å². The number of rotatable bonds is 5. The number of hydrogen-bond acceptors (Lipinski definition) is 3. The first-order valence-electron chi connectivity index (χ1n) is 4.83. The molecule has 0 bridgehead atoms. The molecule has 0 aliphatic carbocycles. The SMILES string of the molecule is CN(CCCN)S(=O)(=O)CC(C)(C)C. The molecule has 0 spiro atoms. The van der Waals surface area contributed by atoms with Gasteiger partial charge in [0.15, 0.2) is 0 Å². The average Bonchev–Trinajstić information content (AvgIpc) is 1.95. The molecule has 0 heterocycles. The largest absolute Gasteiger partial charge is 0.330 e. The van der Waals surface area contributed by atoms with Crippen molar-refractivity contribution in [1.82, 2.24) is 4.31 Å². The molecule has 14 heavy (non-hydrogen) atoms. The van der Waals surface area contributed by atoms with Gasteiger partial charge >= 0.3 is 0 Å². The summed E-state index contributed by atoms with van der Waals surface area (Å²) in [6, 6.07) is 0. The van der Waals surface area contributed by atoms with Gasteiger partial charge in [0.1, 0.15) is 0 Å². The summed E-state index contributed by atoms with van der Waals surface area (Å²) in [5.74, 6) is 0.182. The normalized spacial score (nSPS) is 13.6. The Kier molecular flexibility index (Phi) is 5.05. The first-order chi connectivity index (χ1) is 6.19. The average molecular weight is 222 g/mol. The Labute approximate surface area is 87.5 Å². The quantitative estimate of drug-likeness (QED) is 0.742. The maximum Gasteiger partial charge on any atom is 0.214 e. The zero-order valence-electron chi connectivity index (χ0n) is 9.58. The van der Waals surface area contributed by atoms with Gasteiger partial charge in [-0.1, -0.05) is 20.8 Å². The molecule has 5 heteroatoms. The number of hydrogen-bond donors (Lipinski definition) is 1.